The van der Waals surface area contributed by atoms with E-state index in [0.29, 0.717) is 11.7 Å². The number of carbonyl (C=O) groups is 1. The summed E-state index contributed by atoms with van der Waals surface area (Å²) in [5.74, 6) is 0.736. The Kier molecular flexibility index (Phi) is 5.64. The topological polar surface area (TPSA) is 26.3 Å². The first-order valence-electron chi connectivity index (χ1n) is 9.83. The number of ether oxygens (including phenoxy) is 1. The molecule has 0 N–H and O–H groups in total. The summed E-state index contributed by atoms with van der Waals surface area (Å²) in [5, 5.41) is 0. The van der Waals surface area contributed by atoms with E-state index < -0.39 is 8.07 Å². The van der Waals surface area contributed by atoms with Crippen LogP contribution in [0.4, 0.5) is 0 Å². The lowest BCUT2D eigenvalue weighted by Crippen LogP contribution is -2.36. The van der Waals surface area contributed by atoms with Gasteiger partial charge in [-0.3, -0.25) is 4.79 Å². The highest BCUT2D eigenvalue weighted by Crippen LogP contribution is 2.54. The number of hydrogen-bond donors (Lipinski definition) is 0. The van der Waals surface area contributed by atoms with Crippen molar-refractivity contribution in [3.05, 3.63) is 47.0 Å². The van der Waals surface area contributed by atoms with E-state index in [2.05, 4.69) is 50.8 Å². The Morgan fingerprint density at radius 1 is 1.16 bits per heavy atom. The second-order valence-corrected chi connectivity index (χ2v) is 14.0. The maximum absolute atomic E-state index is 13.6. The van der Waals surface area contributed by atoms with Gasteiger partial charge in [-0.15, -0.1) is 0 Å². The maximum Gasteiger partial charge on any atom is 0.145 e. The summed E-state index contributed by atoms with van der Waals surface area (Å²) in [6, 6.07) is 10.5. The molecule has 0 radical (unpaired) electrons. The Balaban J connectivity index is 2.13. The summed E-state index contributed by atoms with van der Waals surface area (Å²) in [7, 11) is -1.62. The van der Waals surface area contributed by atoms with Gasteiger partial charge in [0.2, 0.25) is 0 Å². The normalized spacial score (nSPS) is 27.4. The van der Waals surface area contributed by atoms with Gasteiger partial charge >= 0.3 is 0 Å². The van der Waals surface area contributed by atoms with Crippen LogP contribution in [0.5, 0.6) is 0 Å². The Labute approximate surface area is 153 Å². The van der Waals surface area contributed by atoms with Crippen LogP contribution < -0.4 is 0 Å². The smallest absolute Gasteiger partial charge is 0.145 e. The van der Waals surface area contributed by atoms with Gasteiger partial charge in [-0.25, -0.2) is 0 Å². The van der Waals surface area contributed by atoms with Gasteiger partial charge in [0.15, 0.2) is 0 Å². The molecule has 1 saturated carbocycles. The predicted molar refractivity (Wildman–Crippen MR) is 107 cm³/mol. The molecule has 2 aliphatic rings. The molecule has 0 bridgehead atoms. The van der Waals surface area contributed by atoms with E-state index in [-0.39, 0.29) is 11.5 Å². The molecule has 1 heterocycles. The van der Waals surface area contributed by atoms with Gasteiger partial charge in [0, 0.05) is 11.5 Å². The van der Waals surface area contributed by atoms with E-state index in [1.54, 1.807) is 0 Å². The third-order valence-corrected chi connectivity index (χ3v) is 8.41. The molecular weight excluding hydrogens is 324 g/mol. The number of rotatable bonds is 5. The zero-order valence-corrected chi connectivity index (χ0v) is 17.2. The van der Waals surface area contributed by atoms with Crippen LogP contribution in [0.25, 0.3) is 0 Å². The van der Waals surface area contributed by atoms with Gasteiger partial charge in [-0.1, -0.05) is 74.5 Å². The summed E-state index contributed by atoms with van der Waals surface area (Å²) in [5.41, 5.74) is 4.33. The van der Waals surface area contributed by atoms with Crippen LogP contribution in [0.1, 0.15) is 44.1 Å². The minimum Gasteiger partial charge on any atom is -0.380 e. The predicted octanol–water partition coefficient (Wildman–Crippen LogP) is 5.58. The number of fused-ring (bicyclic) bond motifs is 1. The number of benzene rings is 1. The molecule has 3 atom stereocenters. The van der Waals surface area contributed by atoms with Gasteiger partial charge in [-0.05, 0) is 24.8 Å². The summed E-state index contributed by atoms with van der Waals surface area (Å²) >= 11 is 0. The van der Waals surface area contributed by atoms with Gasteiger partial charge in [-0.2, -0.15) is 0 Å². The molecule has 2 nitrogen and oxygen atoms in total. The van der Waals surface area contributed by atoms with E-state index in [0.717, 1.165) is 26.1 Å². The first-order chi connectivity index (χ1) is 11.9. The van der Waals surface area contributed by atoms with Crippen molar-refractivity contribution in [3.63, 3.8) is 0 Å². The van der Waals surface area contributed by atoms with E-state index in [1.807, 2.05) is 6.07 Å². The van der Waals surface area contributed by atoms with Crippen LogP contribution in [0.2, 0.25) is 25.2 Å². The fourth-order valence-electron chi connectivity index (χ4n) is 4.81. The SMILES string of the molecule is CCCCC1=C2C(c3ccccc3)C(=O)C([Si](C)(C)C)C2COCC1. The van der Waals surface area contributed by atoms with E-state index in [4.69, 9.17) is 4.74 Å². The minimum atomic E-state index is -1.62. The molecule has 0 aromatic heterocycles. The molecule has 0 saturated heterocycles. The molecule has 136 valence electrons. The van der Waals surface area contributed by atoms with Gasteiger partial charge < -0.3 is 4.74 Å². The molecule has 3 rings (SSSR count). The fraction of sp³-hybridized carbons (Fsp3) is 0.591. The number of unbranched alkanes of at least 4 members (excludes halogenated alkanes) is 1. The summed E-state index contributed by atoms with van der Waals surface area (Å²) in [6.45, 7) is 10.8. The number of Topliss-reactive ketones (excluding diaryl/α,β-unsaturated/α-hetero) is 1. The highest BCUT2D eigenvalue weighted by Gasteiger charge is 2.52. The van der Waals surface area contributed by atoms with E-state index >= 15 is 0 Å². The highest BCUT2D eigenvalue weighted by atomic mass is 28.3. The van der Waals surface area contributed by atoms with Crippen LogP contribution in [0, 0.1) is 5.92 Å². The minimum absolute atomic E-state index is 0.0310. The van der Waals surface area contributed by atoms with Gasteiger partial charge in [0.1, 0.15) is 5.78 Å². The molecule has 1 aliphatic carbocycles. The number of hydrogen-bond acceptors (Lipinski definition) is 2. The fourth-order valence-corrected chi connectivity index (χ4v) is 7.31. The molecule has 25 heavy (non-hydrogen) atoms. The molecule has 3 heteroatoms. The second-order valence-electron chi connectivity index (χ2n) is 8.68. The third-order valence-electron chi connectivity index (χ3n) is 5.86. The standard InChI is InChI=1S/C22H32O2Si/c1-5-6-10-17-13-14-24-15-18-19(17)20(16-11-8-7-9-12-16)21(23)22(18)25(2,3)4/h7-9,11-12,18,20,22H,5-6,10,13-15H2,1-4H3. The first-order valence-corrected chi connectivity index (χ1v) is 13.4. The van der Waals surface area contributed by atoms with Crippen molar-refractivity contribution in [2.75, 3.05) is 13.2 Å². The van der Waals surface area contributed by atoms with Crippen molar-refractivity contribution < 1.29 is 9.53 Å². The van der Waals surface area contributed by atoms with Crippen molar-refractivity contribution in [1.82, 2.24) is 0 Å². The van der Waals surface area contributed by atoms with Crippen molar-refractivity contribution in [3.8, 4) is 0 Å². The second kappa shape index (κ2) is 7.59. The number of ketones is 1. The number of carbonyl (C=O) groups excluding carboxylic acids is 1. The maximum atomic E-state index is 13.6. The largest absolute Gasteiger partial charge is 0.380 e. The lowest BCUT2D eigenvalue weighted by atomic mass is 9.85. The average Bonchev–Trinajstić information content (AvgIpc) is 2.73. The van der Waals surface area contributed by atoms with E-state index in [9.17, 15) is 4.79 Å². The van der Waals surface area contributed by atoms with Crippen LogP contribution >= 0.6 is 0 Å². The Morgan fingerprint density at radius 3 is 2.52 bits per heavy atom. The lowest BCUT2D eigenvalue weighted by Gasteiger charge is -2.29. The molecule has 1 aliphatic heterocycles. The molecule has 1 aromatic rings. The summed E-state index contributed by atoms with van der Waals surface area (Å²) < 4.78 is 6.00. The highest BCUT2D eigenvalue weighted by molar-refractivity contribution is 6.81. The Morgan fingerprint density at radius 2 is 1.88 bits per heavy atom. The first kappa shape index (κ1) is 18.6. The quantitative estimate of drug-likeness (QED) is 0.508. The summed E-state index contributed by atoms with van der Waals surface area (Å²) in [6.07, 6.45) is 4.53. The Hall–Kier alpha value is -1.19. The van der Waals surface area contributed by atoms with E-state index in [1.165, 1.54) is 29.6 Å². The van der Waals surface area contributed by atoms with Crippen LogP contribution in [0.15, 0.2) is 41.5 Å². The molecule has 0 amide bonds. The van der Waals surface area contributed by atoms with Gasteiger partial charge in [0.25, 0.3) is 0 Å². The molecular formula is C22H32O2Si. The lowest BCUT2D eigenvalue weighted by molar-refractivity contribution is -0.118. The molecule has 1 aromatic carbocycles. The zero-order valence-electron chi connectivity index (χ0n) is 16.2. The third kappa shape index (κ3) is 3.68. The molecule has 1 fully saturated rings. The van der Waals surface area contributed by atoms with Crippen LogP contribution in [0.3, 0.4) is 0 Å². The monoisotopic (exact) mass is 356 g/mol. The summed E-state index contributed by atoms with van der Waals surface area (Å²) in [4.78, 5) is 13.6. The zero-order chi connectivity index (χ0) is 18.0. The molecule has 0 spiro atoms. The van der Waals surface area contributed by atoms with Crippen molar-refractivity contribution in [1.29, 1.82) is 0 Å². The van der Waals surface area contributed by atoms with Gasteiger partial charge in [0.05, 0.1) is 27.2 Å². The van der Waals surface area contributed by atoms with Crippen molar-refractivity contribution in [2.45, 2.75) is 63.7 Å². The van der Waals surface area contributed by atoms with Crippen LogP contribution in [-0.2, 0) is 9.53 Å². The average molecular weight is 357 g/mol. The Bertz CT molecular complexity index is 642. The van der Waals surface area contributed by atoms with Crippen molar-refractivity contribution >= 4 is 13.9 Å². The van der Waals surface area contributed by atoms with Crippen molar-refractivity contribution in [2.24, 2.45) is 5.92 Å². The molecule has 3 unspecified atom stereocenters. The van der Waals surface area contributed by atoms with Crippen LogP contribution in [-0.4, -0.2) is 27.1 Å².